The van der Waals surface area contributed by atoms with Crippen molar-refractivity contribution >= 4 is 11.6 Å². The third-order valence-electron chi connectivity index (χ3n) is 1.38. The molecule has 1 aromatic heterocycles. The van der Waals surface area contributed by atoms with Gasteiger partial charge in [-0.05, 0) is 13.0 Å². The predicted octanol–water partition coefficient (Wildman–Crippen LogP) is 0.405. The number of rotatable bonds is 3. The zero-order chi connectivity index (χ0) is 10.4. The lowest BCUT2D eigenvalue weighted by atomic mass is 10.4. The predicted molar refractivity (Wildman–Crippen MR) is 51.6 cm³/mol. The molecule has 14 heavy (non-hydrogen) atoms. The van der Waals surface area contributed by atoms with Crippen molar-refractivity contribution in [2.45, 2.75) is 6.92 Å². The molecule has 0 amide bonds. The zero-order valence-corrected chi connectivity index (χ0v) is 7.77. The van der Waals surface area contributed by atoms with Gasteiger partial charge in [-0.25, -0.2) is 15.5 Å². The molecular formula is C8H12N4O2. The number of guanidine groups is 1. The number of nitrogens with two attached hydrogens (primary N) is 1. The summed E-state index contributed by atoms with van der Waals surface area (Å²) in [6.45, 7) is 2.44. The number of hydroxylamine groups is 1. The first-order chi connectivity index (χ1) is 6.76. The molecule has 1 aromatic rings. The van der Waals surface area contributed by atoms with E-state index in [1.807, 2.05) is 6.92 Å². The van der Waals surface area contributed by atoms with Gasteiger partial charge in [-0.3, -0.25) is 5.21 Å². The second-order valence-electron chi connectivity index (χ2n) is 2.40. The van der Waals surface area contributed by atoms with E-state index in [1.54, 1.807) is 17.6 Å². The van der Waals surface area contributed by atoms with Crippen LogP contribution in [0, 0.1) is 0 Å². The minimum atomic E-state index is -0.0871. The minimum Gasteiger partial charge on any atom is -0.478 e. The molecule has 0 atom stereocenters. The highest BCUT2D eigenvalue weighted by Gasteiger charge is 1.95. The van der Waals surface area contributed by atoms with Gasteiger partial charge in [-0.2, -0.15) is 0 Å². The molecule has 0 aliphatic carbocycles. The summed E-state index contributed by atoms with van der Waals surface area (Å²) in [5.74, 6) is 0.443. The molecule has 0 aliphatic rings. The van der Waals surface area contributed by atoms with Gasteiger partial charge in [0.15, 0.2) is 0 Å². The molecule has 6 heteroatoms. The van der Waals surface area contributed by atoms with E-state index >= 15 is 0 Å². The van der Waals surface area contributed by atoms with E-state index in [1.165, 1.54) is 6.20 Å². The van der Waals surface area contributed by atoms with Crippen LogP contribution < -0.4 is 16.0 Å². The topological polar surface area (TPSA) is 92.8 Å². The Morgan fingerprint density at radius 2 is 2.50 bits per heavy atom. The van der Waals surface area contributed by atoms with E-state index in [-0.39, 0.29) is 5.96 Å². The van der Waals surface area contributed by atoms with Crippen molar-refractivity contribution in [3.8, 4) is 5.88 Å². The van der Waals surface area contributed by atoms with Crippen LogP contribution >= 0.6 is 0 Å². The van der Waals surface area contributed by atoms with Crippen molar-refractivity contribution in [1.29, 1.82) is 0 Å². The number of hydrogen-bond acceptors (Lipinski definition) is 4. The van der Waals surface area contributed by atoms with Crippen molar-refractivity contribution in [2.24, 2.45) is 10.7 Å². The Balaban J connectivity index is 2.73. The van der Waals surface area contributed by atoms with Gasteiger partial charge in [0.2, 0.25) is 11.8 Å². The minimum absolute atomic E-state index is 0.0871. The maximum atomic E-state index is 8.38. The molecule has 0 fully saturated rings. The van der Waals surface area contributed by atoms with Gasteiger partial charge in [0.1, 0.15) is 0 Å². The summed E-state index contributed by atoms with van der Waals surface area (Å²) >= 11 is 0. The maximum absolute atomic E-state index is 8.38. The van der Waals surface area contributed by atoms with Crippen LogP contribution in [0.3, 0.4) is 0 Å². The van der Waals surface area contributed by atoms with Crippen LogP contribution in [0.4, 0.5) is 5.69 Å². The highest BCUT2D eigenvalue weighted by Crippen LogP contribution is 2.13. The fourth-order valence-electron chi connectivity index (χ4n) is 0.836. The number of pyridine rings is 1. The highest BCUT2D eigenvalue weighted by molar-refractivity contribution is 5.79. The molecule has 4 N–H and O–H groups in total. The monoisotopic (exact) mass is 196 g/mol. The van der Waals surface area contributed by atoms with Gasteiger partial charge in [0, 0.05) is 6.07 Å². The Hall–Kier alpha value is -1.82. The maximum Gasteiger partial charge on any atom is 0.218 e. The molecule has 76 valence electrons. The van der Waals surface area contributed by atoms with E-state index < -0.39 is 0 Å². The molecule has 0 saturated carbocycles. The second kappa shape index (κ2) is 5.03. The number of aliphatic imine (C=N–C) groups is 1. The lowest BCUT2D eigenvalue weighted by Crippen LogP contribution is -2.27. The summed E-state index contributed by atoms with van der Waals surface area (Å²) in [5, 5.41) is 8.38. The first-order valence-electron chi connectivity index (χ1n) is 4.09. The van der Waals surface area contributed by atoms with Crippen LogP contribution in [-0.4, -0.2) is 22.8 Å². The lowest BCUT2D eigenvalue weighted by Gasteiger charge is -2.01. The van der Waals surface area contributed by atoms with Gasteiger partial charge < -0.3 is 10.5 Å². The number of aromatic nitrogens is 1. The number of nitrogens with zero attached hydrogens (tertiary/aromatic N) is 2. The van der Waals surface area contributed by atoms with Crippen LogP contribution in [0.15, 0.2) is 23.3 Å². The molecule has 0 saturated heterocycles. The Kier molecular flexibility index (Phi) is 3.69. The molecule has 0 bridgehead atoms. The molecule has 0 spiro atoms. The SMILES string of the molecule is CCOc1ccc(N=C(N)NO)cn1. The first kappa shape index (κ1) is 10.3. The van der Waals surface area contributed by atoms with Crippen LogP contribution in [0.5, 0.6) is 5.88 Å². The Labute approximate surface area is 81.4 Å². The third kappa shape index (κ3) is 2.91. The molecule has 0 aromatic carbocycles. The smallest absolute Gasteiger partial charge is 0.218 e. The van der Waals surface area contributed by atoms with Crippen LogP contribution in [0.25, 0.3) is 0 Å². The number of hydrogen-bond donors (Lipinski definition) is 3. The molecule has 1 rings (SSSR count). The third-order valence-corrected chi connectivity index (χ3v) is 1.38. The molecule has 0 aliphatic heterocycles. The largest absolute Gasteiger partial charge is 0.478 e. The van der Waals surface area contributed by atoms with Crippen molar-refractivity contribution in [2.75, 3.05) is 6.61 Å². The molecular weight excluding hydrogens is 184 g/mol. The van der Waals surface area contributed by atoms with E-state index in [0.29, 0.717) is 18.2 Å². The Morgan fingerprint density at radius 1 is 1.71 bits per heavy atom. The van der Waals surface area contributed by atoms with Crippen molar-refractivity contribution in [1.82, 2.24) is 10.5 Å². The normalized spacial score (nSPS) is 11.1. The summed E-state index contributed by atoms with van der Waals surface area (Å²) in [6.07, 6.45) is 1.50. The average Bonchev–Trinajstić information content (AvgIpc) is 2.21. The molecule has 0 radical (unpaired) electrons. The van der Waals surface area contributed by atoms with Gasteiger partial charge in [0.25, 0.3) is 0 Å². The summed E-state index contributed by atoms with van der Waals surface area (Å²) in [6, 6.07) is 3.36. The van der Waals surface area contributed by atoms with E-state index in [0.717, 1.165) is 0 Å². The Morgan fingerprint density at radius 3 is 3.00 bits per heavy atom. The van der Waals surface area contributed by atoms with E-state index in [9.17, 15) is 0 Å². The van der Waals surface area contributed by atoms with Crippen LogP contribution in [0.2, 0.25) is 0 Å². The van der Waals surface area contributed by atoms with Gasteiger partial charge >= 0.3 is 0 Å². The number of nitrogens with one attached hydrogen (secondary N) is 1. The zero-order valence-electron chi connectivity index (χ0n) is 7.77. The van der Waals surface area contributed by atoms with Gasteiger partial charge in [-0.1, -0.05) is 0 Å². The second-order valence-corrected chi connectivity index (χ2v) is 2.40. The molecule has 1 heterocycles. The number of ether oxygens (including phenoxy) is 1. The highest BCUT2D eigenvalue weighted by atomic mass is 16.5. The van der Waals surface area contributed by atoms with Crippen LogP contribution in [-0.2, 0) is 0 Å². The van der Waals surface area contributed by atoms with Crippen LogP contribution in [0.1, 0.15) is 6.92 Å². The fraction of sp³-hybridized carbons (Fsp3) is 0.250. The summed E-state index contributed by atoms with van der Waals surface area (Å²) < 4.78 is 5.14. The van der Waals surface area contributed by atoms with Crippen molar-refractivity contribution in [3.05, 3.63) is 18.3 Å². The molecule has 6 nitrogen and oxygen atoms in total. The quantitative estimate of drug-likeness (QED) is 0.370. The average molecular weight is 196 g/mol. The standard InChI is InChI=1S/C8H12N4O2/c1-2-14-7-4-3-6(5-10-7)11-8(9)12-13/h3-5,13H,2H2,1H3,(H3,9,11,12). The summed E-state index contributed by atoms with van der Waals surface area (Å²) in [5.41, 5.74) is 7.49. The van der Waals surface area contributed by atoms with Gasteiger partial charge in [-0.15, -0.1) is 0 Å². The molecule has 0 unspecified atom stereocenters. The Bertz CT molecular complexity index is 310. The lowest BCUT2D eigenvalue weighted by molar-refractivity contribution is 0.233. The summed E-state index contributed by atoms with van der Waals surface area (Å²) in [7, 11) is 0. The van der Waals surface area contributed by atoms with Crippen molar-refractivity contribution in [3.63, 3.8) is 0 Å². The van der Waals surface area contributed by atoms with Crippen molar-refractivity contribution < 1.29 is 9.94 Å². The summed E-state index contributed by atoms with van der Waals surface area (Å²) in [4.78, 5) is 7.76. The first-order valence-corrected chi connectivity index (χ1v) is 4.09. The van der Waals surface area contributed by atoms with E-state index in [4.69, 9.17) is 15.7 Å². The van der Waals surface area contributed by atoms with Gasteiger partial charge in [0.05, 0.1) is 18.5 Å². The fourth-order valence-corrected chi connectivity index (χ4v) is 0.836. The van der Waals surface area contributed by atoms with E-state index in [2.05, 4.69) is 9.98 Å².